The Balaban J connectivity index is 1.37. The highest BCUT2D eigenvalue weighted by Crippen LogP contribution is 2.35. The number of para-hydroxylation sites is 1. The highest BCUT2D eigenvalue weighted by molar-refractivity contribution is 7.99. The van der Waals surface area contributed by atoms with Crippen LogP contribution in [0.4, 0.5) is 5.69 Å². The molecule has 4 aromatic rings. The minimum absolute atomic E-state index is 0.00741. The molecule has 0 aliphatic heterocycles. The van der Waals surface area contributed by atoms with Gasteiger partial charge >= 0.3 is 0 Å². The van der Waals surface area contributed by atoms with Crippen LogP contribution in [0.3, 0.4) is 0 Å². The molecule has 0 fully saturated rings. The SMILES string of the molecule is O=C(CSc1nc2sc3c(c2c(=O)n1-c1ccccc1)CCCC3)N/N=C\c1ccc([N+](=O)[O-])cc1. The summed E-state index contributed by atoms with van der Waals surface area (Å²) in [6.07, 6.45) is 5.46. The molecule has 0 atom stereocenters. The molecule has 0 saturated heterocycles. The third-order valence-corrected chi connectivity index (χ3v) is 7.94. The van der Waals surface area contributed by atoms with Crippen LogP contribution in [0.2, 0.25) is 0 Å². The molecule has 1 aliphatic rings. The molecule has 0 unspecified atom stereocenters. The first-order valence-corrected chi connectivity index (χ1v) is 13.1. The van der Waals surface area contributed by atoms with Crippen molar-refractivity contribution in [2.75, 3.05) is 5.75 Å². The lowest BCUT2D eigenvalue weighted by molar-refractivity contribution is -0.384. The standard InChI is InChI=1S/C25H21N5O4S2/c31-21(28-26-14-16-10-12-18(13-11-16)30(33)34)15-35-25-27-23-22(19-8-4-5-9-20(19)36-23)24(32)29(25)17-6-2-1-3-7-17/h1-3,6-7,10-14H,4-5,8-9,15H2,(H,28,31)/b26-14-. The van der Waals surface area contributed by atoms with E-state index in [9.17, 15) is 19.7 Å². The van der Waals surface area contributed by atoms with Gasteiger partial charge in [-0.1, -0.05) is 30.0 Å². The highest BCUT2D eigenvalue weighted by atomic mass is 32.2. The molecule has 1 amide bonds. The molecule has 0 saturated carbocycles. The number of fused-ring (bicyclic) bond motifs is 3. The quantitative estimate of drug-likeness (QED) is 0.126. The first-order chi connectivity index (χ1) is 17.5. The number of nitrogens with zero attached hydrogens (tertiary/aromatic N) is 4. The van der Waals surface area contributed by atoms with E-state index < -0.39 is 4.92 Å². The number of aryl methyl sites for hydroxylation is 2. The Morgan fingerprint density at radius 1 is 1.17 bits per heavy atom. The van der Waals surface area contributed by atoms with Crippen molar-refractivity contribution in [1.82, 2.24) is 15.0 Å². The van der Waals surface area contributed by atoms with Crippen LogP contribution in [0.15, 0.2) is 69.6 Å². The van der Waals surface area contributed by atoms with E-state index in [0.29, 0.717) is 21.8 Å². The first-order valence-electron chi connectivity index (χ1n) is 11.3. The zero-order chi connectivity index (χ0) is 25.1. The zero-order valence-electron chi connectivity index (χ0n) is 19.0. The predicted molar refractivity (Wildman–Crippen MR) is 141 cm³/mol. The van der Waals surface area contributed by atoms with E-state index in [2.05, 4.69) is 10.5 Å². The fourth-order valence-electron chi connectivity index (χ4n) is 4.11. The maximum absolute atomic E-state index is 13.7. The van der Waals surface area contributed by atoms with Gasteiger partial charge in [-0.05, 0) is 61.1 Å². The average molecular weight is 520 g/mol. The molecule has 2 aromatic carbocycles. The lowest BCUT2D eigenvalue weighted by atomic mass is 9.97. The van der Waals surface area contributed by atoms with Crippen LogP contribution >= 0.6 is 23.1 Å². The van der Waals surface area contributed by atoms with Crippen molar-refractivity contribution in [3.63, 3.8) is 0 Å². The fraction of sp³-hybridized carbons (Fsp3) is 0.200. The minimum atomic E-state index is -0.480. The van der Waals surface area contributed by atoms with Gasteiger partial charge in [0.15, 0.2) is 5.16 Å². The number of hydrazone groups is 1. The molecule has 182 valence electrons. The number of nitro groups is 1. The summed E-state index contributed by atoms with van der Waals surface area (Å²) in [4.78, 5) is 43.2. The molecule has 9 nitrogen and oxygen atoms in total. The summed E-state index contributed by atoms with van der Waals surface area (Å²) in [6.45, 7) is 0. The maximum atomic E-state index is 13.7. The Bertz CT molecular complexity index is 1530. The first kappa shape index (κ1) is 23.9. The summed E-state index contributed by atoms with van der Waals surface area (Å²) in [5.74, 6) is -0.356. The van der Waals surface area contributed by atoms with Gasteiger partial charge in [0.05, 0.1) is 28.0 Å². The number of aromatic nitrogens is 2. The lowest BCUT2D eigenvalue weighted by Gasteiger charge is -2.13. The number of thiophene rings is 1. The Labute approximate surface area is 214 Å². The smallest absolute Gasteiger partial charge is 0.269 e. The summed E-state index contributed by atoms with van der Waals surface area (Å²) < 4.78 is 1.59. The van der Waals surface area contributed by atoms with Crippen LogP contribution in [-0.4, -0.2) is 32.3 Å². The number of nitro benzene ring substituents is 1. The van der Waals surface area contributed by atoms with E-state index in [-0.39, 0.29) is 22.9 Å². The Hall–Kier alpha value is -3.83. The van der Waals surface area contributed by atoms with E-state index in [1.54, 1.807) is 28.0 Å². The lowest BCUT2D eigenvalue weighted by Crippen LogP contribution is -2.24. The van der Waals surface area contributed by atoms with Crippen LogP contribution in [0.5, 0.6) is 0 Å². The van der Waals surface area contributed by atoms with Crippen LogP contribution in [-0.2, 0) is 17.6 Å². The van der Waals surface area contributed by atoms with Crippen LogP contribution in [0.1, 0.15) is 28.8 Å². The van der Waals surface area contributed by atoms with E-state index in [1.165, 1.54) is 35.0 Å². The number of benzene rings is 2. The van der Waals surface area contributed by atoms with Gasteiger partial charge in [-0.3, -0.25) is 24.3 Å². The second-order valence-electron chi connectivity index (χ2n) is 8.19. The van der Waals surface area contributed by atoms with Gasteiger partial charge in [0, 0.05) is 17.0 Å². The number of carbonyl (C=O) groups excluding carboxylic acids is 1. The van der Waals surface area contributed by atoms with Crippen molar-refractivity contribution in [1.29, 1.82) is 0 Å². The average Bonchev–Trinajstić information content (AvgIpc) is 3.27. The number of thioether (sulfide) groups is 1. The maximum Gasteiger partial charge on any atom is 0.269 e. The normalized spacial score (nSPS) is 13.1. The number of non-ortho nitro benzene ring substituents is 1. The molecular formula is C25H21N5O4S2. The van der Waals surface area contributed by atoms with Crippen LogP contribution in [0, 0.1) is 10.1 Å². The molecule has 11 heteroatoms. The second-order valence-corrected chi connectivity index (χ2v) is 10.2. The van der Waals surface area contributed by atoms with Crippen molar-refractivity contribution in [3.05, 3.63) is 91.1 Å². The van der Waals surface area contributed by atoms with Gasteiger partial charge in [-0.25, -0.2) is 10.4 Å². The van der Waals surface area contributed by atoms with Crippen molar-refractivity contribution in [2.45, 2.75) is 30.8 Å². The van der Waals surface area contributed by atoms with Crippen molar-refractivity contribution >= 4 is 51.1 Å². The minimum Gasteiger partial charge on any atom is -0.272 e. The molecule has 1 N–H and O–H groups in total. The predicted octanol–water partition coefficient (Wildman–Crippen LogP) is 4.48. The Kier molecular flexibility index (Phi) is 6.92. The number of nitrogens with one attached hydrogen (secondary N) is 1. The summed E-state index contributed by atoms with van der Waals surface area (Å²) >= 11 is 2.75. The third-order valence-electron chi connectivity index (χ3n) is 5.81. The van der Waals surface area contributed by atoms with Crippen LogP contribution in [0.25, 0.3) is 15.9 Å². The number of hydrogen-bond donors (Lipinski definition) is 1. The molecule has 2 heterocycles. The molecule has 2 aromatic heterocycles. The van der Waals surface area contributed by atoms with Crippen LogP contribution < -0.4 is 11.0 Å². The molecule has 36 heavy (non-hydrogen) atoms. The summed E-state index contributed by atoms with van der Waals surface area (Å²) in [6, 6.07) is 15.1. The van der Waals surface area contributed by atoms with Crippen molar-refractivity contribution < 1.29 is 9.72 Å². The van der Waals surface area contributed by atoms with E-state index in [4.69, 9.17) is 4.98 Å². The summed E-state index contributed by atoms with van der Waals surface area (Å²) in [5, 5.41) is 15.8. The van der Waals surface area contributed by atoms with Gasteiger partial charge in [0.25, 0.3) is 17.2 Å². The molecule has 0 spiro atoms. The molecular weight excluding hydrogens is 498 g/mol. The molecule has 5 rings (SSSR count). The summed E-state index contributed by atoms with van der Waals surface area (Å²) in [7, 11) is 0. The zero-order valence-corrected chi connectivity index (χ0v) is 20.7. The van der Waals surface area contributed by atoms with Gasteiger partial charge in [-0.15, -0.1) is 11.3 Å². The molecule has 0 bridgehead atoms. The van der Waals surface area contributed by atoms with Gasteiger partial charge < -0.3 is 0 Å². The number of carbonyl (C=O) groups is 1. The van der Waals surface area contributed by atoms with E-state index in [1.807, 2.05) is 30.3 Å². The topological polar surface area (TPSA) is 119 Å². The fourth-order valence-corrected chi connectivity index (χ4v) is 6.22. The van der Waals surface area contributed by atoms with Gasteiger partial charge in [0.2, 0.25) is 0 Å². The number of rotatable bonds is 7. The van der Waals surface area contributed by atoms with Crippen molar-refractivity contribution in [2.24, 2.45) is 5.10 Å². The molecule has 0 radical (unpaired) electrons. The monoisotopic (exact) mass is 519 g/mol. The Morgan fingerprint density at radius 3 is 2.67 bits per heavy atom. The molecule has 1 aliphatic carbocycles. The largest absolute Gasteiger partial charge is 0.272 e. The third kappa shape index (κ3) is 4.93. The second kappa shape index (κ2) is 10.4. The Morgan fingerprint density at radius 2 is 1.92 bits per heavy atom. The highest BCUT2D eigenvalue weighted by Gasteiger charge is 2.23. The van der Waals surface area contributed by atoms with Gasteiger partial charge in [0.1, 0.15) is 4.83 Å². The van der Waals surface area contributed by atoms with E-state index >= 15 is 0 Å². The summed E-state index contributed by atoms with van der Waals surface area (Å²) in [5.41, 5.74) is 4.76. The van der Waals surface area contributed by atoms with E-state index in [0.717, 1.165) is 36.1 Å². The van der Waals surface area contributed by atoms with Gasteiger partial charge in [-0.2, -0.15) is 5.10 Å². The van der Waals surface area contributed by atoms with Crippen molar-refractivity contribution in [3.8, 4) is 5.69 Å². The number of hydrogen-bond acceptors (Lipinski definition) is 8. The number of amides is 1.